The van der Waals surface area contributed by atoms with E-state index in [0.29, 0.717) is 0 Å². The molecule has 0 aromatic heterocycles. The zero-order valence-electron chi connectivity index (χ0n) is 8.92. The van der Waals surface area contributed by atoms with Crippen LogP contribution in [0.5, 0.6) is 0 Å². The zero-order valence-corrected chi connectivity index (χ0v) is 10.7. The van der Waals surface area contributed by atoms with Crippen molar-refractivity contribution in [2.75, 3.05) is 26.3 Å². The average Bonchev–Trinajstić information content (AvgIpc) is 2.05. The molecular weight excluding hydrogens is 287 g/mol. The third kappa shape index (κ3) is 70.0. The summed E-state index contributed by atoms with van der Waals surface area (Å²) in [6, 6.07) is 0. The number of guanidine groups is 1. The summed E-state index contributed by atoms with van der Waals surface area (Å²) in [7, 11) is 0. The minimum absolute atomic E-state index is 0. The molecule has 6 N–H and O–H groups in total. The maximum absolute atomic E-state index is 8.89. The van der Waals surface area contributed by atoms with E-state index in [1.54, 1.807) is 0 Å². The molecule has 16 heavy (non-hydrogen) atoms. The molecule has 0 spiro atoms. The standard InChI is InChI=1S/C4H9NO.C2H4O2.CH4N3.ClH.Cu/c1-3-6-4-2-5-1;1-2(3)4;2-1(3)4;;/h5H,1-4H2;1H3,(H,3,4);(H4-,2,3,4);1H;/q;;-1;;+1. The molecule has 0 aromatic rings. The predicted molar refractivity (Wildman–Crippen MR) is 56.6 cm³/mol. The van der Waals surface area contributed by atoms with Crippen LogP contribution in [0.15, 0.2) is 0 Å². The molecule has 1 aliphatic rings. The van der Waals surface area contributed by atoms with Gasteiger partial charge in [0.15, 0.2) is 0 Å². The van der Waals surface area contributed by atoms with Gasteiger partial charge in [-0.1, -0.05) is 0 Å². The van der Waals surface area contributed by atoms with Gasteiger partial charge in [0.05, 0.1) is 26.3 Å². The Balaban J connectivity index is -0.0000000660. The Bertz CT molecular complexity index is 138. The second kappa shape index (κ2) is 20.0. The number of nitrogens with one attached hydrogen (secondary N) is 2. The van der Waals surface area contributed by atoms with E-state index >= 15 is 0 Å². The van der Waals surface area contributed by atoms with Crippen molar-refractivity contribution in [3.05, 3.63) is 5.73 Å². The number of carbonyl (C=O) groups excluding carboxylic acids is 1. The van der Waals surface area contributed by atoms with E-state index in [-0.39, 0.29) is 29.5 Å². The van der Waals surface area contributed by atoms with Crippen molar-refractivity contribution >= 4 is 24.3 Å². The largest absolute Gasteiger partial charge is 1.00 e. The Morgan fingerprint density at radius 3 is 1.81 bits per heavy atom. The van der Waals surface area contributed by atoms with Gasteiger partial charge in [0, 0.05) is 5.97 Å². The van der Waals surface area contributed by atoms with Crippen LogP contribution in [0.1, 0.15) is 6.92 Å². The molecule has 0 saturated carbocycles. The number of carboxylic acids is 1. The van der Waals surface area contributed by atoms with E-state index < -0.39 is 11.9 Å². The second-order valence-electron chi connectivity index (χ2n) is 2.38. The summed E-state index contributed by atoms with van der Waals surface area (Å²) in [6.45, 7) is 5.17. The molecule has 0 aromatic carbocycles. The number of quaternary nitrogens is 1. The number of nitrogens with two attached hydrogens (primary N) is 2. The van der Waals surface area contributed by atoms with E-state index in [9.17, 15) is 0 Å². The molecule has 1 heterocycles. The third-order valence-electron chi connectivity index (χ3n) is 0.933. The number of hydrogen-bond donors (Lipinski definition) is 3. The molecule has 0 unspecified atom stereocenters. The molecule has 1 saturated heterocycles. The van der Waals surface area contributed by atoms with Gasteiger partial charge in [-0.3, -0.25) is 0 Å². The minimum atomic E-state index is -1.08. The van der Waals surface area contributed by atoms with E-state index in [1.807, 2.05) is 0 Å². The Morgan fingerprint density at radius 2 is 1.75 bits per heavy atom. The molecule has 1 rings (SSSR count). The van der Waals surface area contributed by atoms with Crippen LogP contribution in [0, 0.1) is 5.41 Å². The zero-order chi connectivity index (χ0) is 11.4. The van der Waals surface area contributed by atoms with Gasteiger partial charge in [0.25, 0.3) is 0 Å². The van der Waals surface area contributed by atoms with Crippen molar-refractivity contribution in [3.8, 4) is 0 Å². The number of carbonyl (C=O) groups is 1. The average molecular weight is 305 g/mol. The molecule has 1 aliphatic heterocycles. The number of aliphatic carboxylic acids is 1. The smallest absolute Gasteiger partial charge is 0.550 e. The summed E-state index contributed by atoms with van der Waals surface area (Å²) in [5.41, 5.74) is 10.3. The van der Waals surface area contributed by atoms with Crippen molar-refractivity contribution in [2.24, 2.45) is 5.73 Å². The molecule has 7 nitrogen and oxygen atoms in total. The molecule has 0 radical (unpaired) electrons. The first-order valence-electron chi connectivity index (χ1n) is 4.09. The molecule has 0 amide bonds. The van der Waals surface area contributed by atoms with Gasteiger partial charge >= 0.3 is 17.1 Å². The number of halogens is 1. The first-order chi connectivity index (χ1) is 6.46. The van der Waals surface area contributed by atoms with Gasteiger partial charge in [-0.05, 0) is 12.9 Å². The summed E-state index contributed by atoms with van der Waals surface area (Å²) in [6.07, 6.45) is 0. The molecule has 0 atom stereocenters. The van der Waals surface area contributed by atoms with Gasteiger partial charge in [-0.2, -0.15) is 0 Å². The van der Waals surface area contributed by atoms with Crippen molar-refractivity contribution in [1.29, 1.82) is 5.41 Å². The quantitative estimate of drug-likeness (QED) is 0.263. The van der Waals surface area contributed by atoms with Crippen molar-refractivity contribution in [3.63, 3.8) is 0 Å². The van der Waals surface area contributed by atoms with Gasteiger partial charge in [-0.25, -0.2) is 0 Å². The Labute approximate surface area is 112 Å². The molecular formula is C7H18ClCuN4O3. The Kier molecular flexibility index (Phi) is 30.7. The number of carboxylic acid groups (broad SMARTS) is 1. The summed E-state index contributed by atoms with van der Waals surface area (Å²) in [5, 5.41) is 17.1. The molecule has 0 bridgehead atoms. The fraction of sp³-hybridized carbons (Fsp3) is 0.714. The van der Waals surface area contributed by atoms with E-state index in [2.05, 4.69) is 11.1 Å². The van der Waals surface area contributed by atoms with E-state index in [4.69, 9.17) is 25.8 Å². The fourth-order valence-electron chi connectivity index (χ4n) is 0.580. The number of ether oxygens (including phenoxy) is 1. The summed E-state index contributed by atoms with van der Waals surface area (Å²) in [4.78, 5) is 8.89. The first-order valence-corrected chi connectivity index (χ1v) is 4.09. The molecule has 0 aliphatic carbocycles. The second-order valence-corrected chi connectivity index (χ2v) is 2.38. The maximum Gasteiger partial charge on any atom is 1.00 e. The van der Waals surface area contributed by atoms with Gasteiger partial charge in [0.1, 0.15) is 0 Å². The monoisotopic (exact) mass is 304 g/mol. The summed E-state index contributed by atoms with van der Waals surface area (Å²) in [5.74, 6) is -1.67. The number of rotatable bonds is 0. The molecule has 102 valence electrons. The Morgan fingerprint density at radius 1 is 1.50 bits per heavy atom. The summed E-state index contributed by atoms with van der Waals surface area (Å²) < 4.78 is 5.04. The maximum atomic E-state index is 8.89. The molecule has 1 fully saturated rings. The van der Waals surface area contributed by atoms with Crippen LogP contribution >= 0.6 is 12.4 Å². The van der Waals surface area contributed by atoms with Crippen molar-refractivity contribution in [1.82, 2.24) is 0 Å². The predicted octanol–water partition coefficient (Wildman–Crippen LogP) is -2.31. The SMILES string of the molecule is C1COCC[NH2+]1.CC(=O)[O-].Cl.N=C([NH-])N.[Cu+]. The number of morpholine rings is 1. The van der Waals surface area contributed by atoms with Crippen molar-refractivity contribution in [2.45, 2.75) is 6.92 Å². The van der Waals surface area contributed by atoms with Crippen LogP contribution in [-0.2, 0) is 26.6 Å². The van der Waals surface area contributed by atoms with Crippen LogP contribution in [0.3, 0.4) is 0 Å². The van der Waals surface area contributed by atoms with Gasteiger partial charge in [0.2, 0.25) is 0 Å². The fourth-order valence-corrected chi connectivity index (χ4v) is 0.580. The number of hydrogen-bond acceptors (Lipinski definition) is 4. The van der Waals surface area contributed by atoms with Crippen LogP contribution < -0.4 is 16.2 Å². The van der Waals surface area contributed by atoms with Crippen LogP contribution in [0.4, 0.5) is 0 Å². The first kappa shape index (κ1) is 24.6. The van der Waals surface area contributed by atoms with E-state index in [0.717, 1.165) is 33.2 Å². The summed E-state index contributed by atoms with van der Waals surface area (Å²) >= 11 is 0. The molecule has 9 heteroatoms. The Hall–Kier alpha value is -0.531. The minimum Gasteiger partial charge on any atom is -0.550 e. The third-order valence-corrected chi connectivity index (χ3v) is 0.933. The van der Waals surface area contributed by atoms with Crippen LogP contribution in [0.2, 0.25) is 0 Å². The normalized spacial score (nSPS) is 12.1. The van der Waals surface area contributed by atoms with Gasteiger partial charge in [-0.15, -0.1) is 12.4 Å². The topological polar surface area (TPSA) is 140 Å². The van der Waals surface area contributed by atoms with Gasteiger partial charge < -0.3 is 36.8 Å². The van der Waals surface area contributed by atoms with E-state index in [1.165, 1.54) is 0 Å². The van der Waals surface area contributed by atoms with Crippen LogP contribution in [0.25, 0.3) is 5.73 Å². The van der Waals surface area contributed by atoms with Crippen LogP contribution in [-0.4, -0.2) is 38.2 Å². The van der Waals surface area contributed by atoms with Crippen molar-refractivity contribution < 1.29 is 37.0 Å².